The molecule has 0 saturated heterocycles. The molecule has 0 radical (unpaired) electrons. The molecule has 0 aromatic heterocycles. The maximum absolute atomic E-state index is 2.55. The van der Waals surface area contributed by atoms with E-state index in [-0.39, 0.29) is 0 Å². The van der Waals surface area contributed by atoms with Gasteiger partial charge in [0, 0.05) is 26.7 Å². The van der Waals surface area contributed by atoms with Crippen LogP contribution in [0.2, 0.25) is 0 Å². The average molecular weight is 908 g/mol. The van der Waals surface area contributed by atoms with Crippen LogP contribution < -0.4 is 4.90 Å². The van der Waals surface area contributed by atoms with Crippen LogP contribution in [0.1, 0.15) is 44.5 Å². The molecule has 0 amide bonds. The van der Waals surface area contributed by atoms with Crippen LogP contribution in [0.5, 0.6) is 0 Å². The Balaban J connectivity index is 1.11. The zero-order valence-electron chi connectivity index (χ0n) is 38.3. The van der Waals surface area contributed by atoms with E-state index in [1.165, 1.54) is 97.7 Å². The standard InChI is InChI=1S/C68H45NS/c1-4-21-46(22-5-1)47-39-41-50(42-40-47)69(51-43-44-56-54-29-11-10-27-52(54)53-28-12-13-30-55(53)57(56)45-51)63-36-20-38-65-66(63)68(62-35-18-19-37-64(62)70-65)60-33-16-14-31-58(60)67(48-23-6-2-7-24-48,49-25-8-3-9-26-49)59-32-15-17-34-61(59)68/h1-45H. The molecule has 2 heteroatoms. The SMILES string of the molecule is c1ccc(-c2ccc(N(c3ccc4c5ccccc5c5ccccc5c4c3)c3cccc4c3C3(c5ccccc5S4)c4ccccc4C(c4ccccc4)(c4ccccc4)c4ccccc43)cc2)cc1. The molecule has 0 N–H and O–H groups in total. The quantitative estimate of drug-likeness (QED) is 0.153. The summed E-state index contributed by atoms with van der Waals surface area (Å²) in [6.07, 6.45) is 0. The highest BCUT2D eigenvalue weighted by Gasteiger charge is 2.56. The molecule has 1 heterocycles. The molecule has 2 aliphatic rings. The predicted molar refractivity (Wildman–Crippen MR) is 293 cm³/mol. The van der Waals surface area contributed by atoms with Gasteiger partial charge in [-0.1, -0.05) is 242 Å². The van der Waals surface area contributed by atoms with Gasteiger partial charge >= 0.3 is 0 Å². The first-order valence-electron chi connectivity index (χ1n) is 24.3. The number of nitrogens with zero attached hydrogens (tertiary/aromatic N) is 1. The molecule has 12 aromatic carbocycles. The largest absolute Gasteiger partial charge is 0.310 e. The van der Waals surface area contributed by atoms with Crippen LogP contribution in [-0.4, -0.2) is 0 Å². The summed E-state index contributed by atoms with van der Waals surface area (Å²) in [7, 11) is 0. The van der Waals surface area contributed by atoms with E-state index in [1.807, 2.05) is 11.8 Å². The first kappa shape index (κ1) is 40.6. The first-order valence-corrected chi connectivity index (χ1v) is 25.1. The van der Waals surface area contributed by atoms with E-state index < -0.39 is 10.8 Å². The smallest absolute Gasteiger partial charge is 0.0750 e. The molecule has 0 unspecified atom stereocenters. The zero-order chi connectivity index (χ0) is 46.2. The van der Waals surface area contributed by atoms with E-state index in [4.69, 9.17) is 0 Å². The van der Waals surface area contributed by atoms with Crippen molar-refractivity contribution >= 4 is 61.1 Å². The molecule has 0 atom stereocenters. The molecule has 12 aromatic rings. The van der Waals surface area contributed by atoms with Crippen LogP contribution in [0.15, 0.2) is 283 Å². The highest BCUT2D eigenvalue weighted by Crippen LogP contribution is 2.66. The first-order chi connectivity index (χ1) is 34.7. The molecule has 0 bridgehead atoms. The Morgan fingerprint density at radius 3 is 1.26 bits per heavy atom. The molecule has 1 spiro atoms. The molecule has 0 saturated carbocycles. The Bertz CT molecular complexity index is 3850. The van der Waals surface area contributed by atoms with Gasteiger partial charge in [-0.05, 0) is 125 Å². The van der Waals surface area contributed by atoms with E-state index in [0.29, 0.717) is 0 Å². The summed E-state index contributed by atoms with van der Waals surface area (Å²) in [6.45, 7) is 0. The Labute approximate surface area is 413 Å². The van der Waals surface area contributed by atoms with Crippen molar-refractivity contribution in [3.63, 3.8) is 0 Å². The lowest BCUT2D eigenvalue weighted by Gasteiger charge is -2.53. The van der Waals surface area contributed by atoms with E-state index >= 15 is 0 Å². The van der Waals surface area contributed by atoms with E-state index in [2.05, 4.69) is 278 Å². The number of fused-ring (bicyclic) bond motifs is 14. The third kappa shape index (κ3) is 5.81. The van der Waals surface area contributed by atoms with E-state index in [9.17, 15) is 0 Å². The van der Waals surface area contributed by atoms with Gasteiger partial charge in [-0.2, -0.15) is 0 Å². The fourth-order valence-electron chi connectivity index (χ4n) is 12.5. The van der Waals surface area contributed by atoms with Crippen LogP contribution in [0.3, 0.4) is 0 Å². The van der Waals surface area contributed by atoms with Gasteiger partial charge in [-0.3, -0.25) is 0 Å². The molecular formula is C68H45NS. The van der Waals surface area contributed by atoms with Crippen molar-refractivity contribution in [2.45, 2.75) is 20.6 Å². The molecule has 1 aliphatic heterocycles. The minimum Gasteiger partial charge on any atom is -0.310 e. The van der Waals surface area contributed by atoms with Crippen molar-refractivity contribution in [2.24, 2.45) is 0 Å². The summed E-state index contributed by atoms with van der Waals surface area (Å²) in [6, 6.07) is 102. The van der Waals surface area contributed by atoms with E-state index in [0.717, 1.165) is 17.1 Å². The summed E-state index contributed by atoms with van der Waals surface area (Å²) in [5.41, 5.74) is 14.6. The molecular weight excluding hydrogens is 863 g/mol. The molecule has 1 aliphatic carbocycles. The summed E-state index contributed by atoms with van der Waals surface area (Å²) in [4.78, 5) is 5.07. The number of benzene rings is 12. The maximum Gasteiger partial charge on any atom is 0.0750 e. The van der Waals surface area contributed by atoms with Gasteiger partial charge in [0.15, 0.2) is 0 Å². The molecule has 70 heavy (non-hydrogen) atoms. The second-order valence-electron chi connectivity index (χ2n) is 18.6. The number of anilines is 3. The molecule has 1 nitrogen and oxygen atoms in total. The van der Waals surface area contributed by atoms with Gasteiger partial charge in [0.05, 0.1) is 16.5 Å². The summed E-state index contributed by atoms with van der Waals surface area (Å²) >= 11 is 1.89. The summed E-state index contributed by atoms with van der Waals surface area (Å²) < 4.78 is 0. The van der Waals surface area contributed by atoms with Gasteiger partial charge in [0.2, 0.25) is 0 Å². The third-order valence-corrected chi connectivity index (χ3v) is 16.4. The summed E-state index contributed by atoms with van der Waals surface area (Å²) in [5.74, 6) is 0. The second-order valence-corrected chi connectivity index (χ2v) is 19.7. The Morgan fingerprint density at radius 1 is 0.271 bits per heavy atom. The average Bonchev–Trinajstić information content (AvgIpc) is 3.45. The zero-order valence-corrected chi connectivity index (χ0v) is 39.2. The van der Waals surface area contributed by atoms with Crippen LogP contribution in [0.25, 0.3) is 43.4 Å². The topological polar surface area (TPSA) is 3.24 Å². The Morgan fingerprint density at radius 2 is 0.686 bits per heavy atom. The van der Waals surface area contributed by atoms with Gasteiger partial charge in [-0.15, -0.1) is 0 Å². The maximum atomic E-state index is 2.55. The van der Waals surface area contributed by atoms with Crippen LogP contribution in [0, 0.1) is 0 Å². The monoisotopic (exact) mass is 907 g/mol. The Kier molecular flexibility index (Phi) is 9.34. The number of hydrogen-bond donors (Lipinski definition) is 0. The fourth-order valence-corrected chi connectivity index (χ4v) is 13.7. The van der Waals surface area contributed by atoms with Crippen LogP contribution >= 0.6 is 11.8 Å². The lowest BCUT2D eigenvalue weighted by Crippen LogP contribution is -2.47. The van der Waals surface area contributed by atoms with Crippen molar-refractivity contribution in [2.75, 3.05) is 4.90 Å². The molecule has 0 fully saturated rings. The van der Waals surface area contributed by atoms with Crippen molar-refractivity contribution in [1.29, 1.82) is 0 Å². The molecule has 14 rings (SSSR count). The Hall–Kier alpha value is -8.43. The highest BCUT2D eigenvalue weighted by atomic mass is 32.2. The van der Waals surface area contributed by atoms with Crippen molar-refractivity contribution < 1.29 is 0 Å². The third-order valence-electron chi connectivity index (χ3n) is 15.2. The van der Waals surface area contributed by atoms with Crippen molar-refractivity contribution in [3.8, 4) is 11.1 Å². The fraction of sp³-hybridized carbons (Fsp3) is 0.0294. The van der Waals surface area contributed by atoms with E-state index in [1.54, 1.807) is 0 Å². The second kappa shape index (κ2) is 16.1. The van der Waals surface area contributed by atoms with Gasteiger partial charge in [0.1, 0.15) is 0 Å². The van der Waals surface area contributed by atoms with Crippen molar-refractivity contribution in [3.05, 3.63) is 317 Å². The van der Waals surface area contributed by atoms with Gasteiger partial charge in [-0.25, -0.2) is 0 Å². The van der Waals surface area contributed by atoms with Crippen LogP contribution in [-0.2, 0) is 10.8 Å². The number of hydrogen-bond acceptors (Lipinski definition) is 2. The number of rotatable bonds is 6. The van der Waals surface area contributed by atoms with Crippen LogP contribution in [0.4, 0.5) is 17.1 Å². The highest BCUT2D eigenvalue weighted by molar-refractivity contribution is 7.99. The van der Waals surface area contributed by atoms with Crippen molar-refractivity contribution in [1.82, 2.24) is 0 Å². The minimum atomic E-state index is -0.726. The lowest BCUT2D eigenvalue weighted by atomic mass is 9.50. The lowest BCUT2D eigenvalue weighted by molar-refractivity contribution is 0.599. The van der Waals surface area contributed by atoms with Gasteiger partial charge in [0.25, 0.3) is 0 Å². The minimum absolute atomic E-state index is 0.606. The predicted octanol–water partition coefficient (Wildman–Crippen LogP) is 17.8. The summed E-state index contributed by atoms with van der Waals surface area (Å²) in [5, 5.41) is 7.55. The molecule has 328 valence electrons. The normalized spacial score (nSPS) is 13.9. The van der Waals surface area contributed by atoms with Gasteiger partial charge < -0.3 is 4.90 Å².